The Labute approximate surface area is 128 Å². The molecule has 0 radical (unpaired) electrons. The molecule has 0 aliphatic heterocycles. The molecule has 7 heteroatoms. The number of amides is 2. The molecule has 0 heterocycles. The van der Waals surface area contributed by atoms with Crippen LogP contribution < -0.4 is 15.4 Å². The lowest BCUT2D eigenvalue weighted by atomic mass is 10.3. The van der Waals surface area contributed by atoms with E-state index in [2.05, 4.69) is 42.5 Å². The molecule has 0 aliphatic carbocycles. The van der Waals surface area contributed by atoms with Gasteiger partial charge in [0.2, 0.25) is 5.91 Å². The number of nitrogens with one attached hydrogen (secondary N) is 2. The zero-order valence-corrected chi connectivity index (χ0v) is 13.5. The quantitative estimate of drug-likeness (QED) is 0.774. The first kappa shape index (κ1) is 16.0. The number of ether oxygens (including phenoxy) is 1. The highest BCUT2D eigenvalue weighted by Gasteiger charge is 2.07. The van der Waals surface area contributed by atoms with Crippen molar-refractivity contribution in [3.63, 3.8) is 0 Å². The molecule has 0 bridgehead atoms. The predicted molar refractivity (Wildman–Crippen MR) is 79.0 cm³/mol. The molecule has 2 N–H and O–H groups in total. The van der Waals surface area contributed by atoms with Crippen LogP contribution in [0.5, 0.6) is 5.75 Å². The minimum absolute atomic E-state index is 0.0441. The SMILES string of the molecule is CCNC(=O)CNC(=O)COc1ccc(Br)cc1Br. The van der Waals surface area contributed by atoms with Crippen LogP contribution in [0.2, 0.25) is 0 Å². The summed E-state index contributed by atoms with van der Waals surface area (Å²) in [5.41, 5.74) is 0. The number of carbonyl (C=O) groups excluding carboxylic acids is 2. The summed E-state index contributed by atoms with van der Waals surface area (Å²) in [6, 6.07) is 5.37. The van der Waals surface area contributed by atoms with Crippen LogP contribution in [0.1, 0.15) is 6.92 Å². The number of rotatable bonds is 6. The van der Waals surface area contributed by atoms with Crippen molar-refractivity contribution in [1.82, 2.24) is 10.6 Å². The second-order valence-corrected chi connectivity index (χ2v) is 5.36. The number of hydrogen-bond acceptors (Lipinski definition) is 3. The van der Waals surface area contributed by atoms with E-state index < -0.39 is 0 Å². The lowest BCUT2D eigenvalue weighted by molar-refractivity contribution is -0.127. The highest BCUT2D eigenvalue weighted by Crippen LogP contribution is 2.27. The van der Waals surface area contributed by atoms with E-state index in [1.54, 1.807) is 6.07 Å². The lowest BCUT2D eigenvalue weighted by Crippen LogP contribution is -2.38. The Balaban J connectivity index is 2.36. The van der Waals surface area contributed by atoms with Gasteiger partial charge in [-0.2, -0.15) is 0 Å². The van der Waals surface area contributed by atoms with Crippen LogP contribution in [0.25, 0.3) is 0 Å². The van der Waals surface area contributed by atoms with Gasteiger partial charge in [-0.1, -0.05) is 15.9 Å². The van der Waals surface area contributed by atoms with Gasteiger partial charge in [0, 0.05) is 11.0 Å². The van der Waals surface area contributed by atoms with Crippen molar-refractivity contribution in [3.05, 3.63) is 27.1 Å². The van der Waals surface area contributed by atoms with Gasteiger partial charge in [-0.25, -0.2) is 0 Å². The second-order valence-electron chi connectivity index (χ2n) is 3.59. The molecule has 0 unspecified atom stereocenters. The van der Waals surface area contributed by atoms with Crippen molar-refractivity contribution in [2.75, 3.05) is 19.7 Å². The fraction of sp³-hybridized carbons (Fsp3) is 0.333. The molecule has 1 aromatic rings. The minimum Gasteiger partial charge on any atom is -0.483 e. The molecule has 0 aliphatic rings. The van der Waals surface area contributed by atoms with Crippen LogP contribution in [0, 0.1) is 0 Å². The molecular weight excluding hydrogens is 380 g/mol. The van der Waals surface area contributed by atoms with Crippen LogP contribution in [0.4, 0.5) is 0 Å². The Kier molecular flexibility index (Phi) is 6.86. The van der Waals surface area contributed by atoms with Gasteiger partial charge in [-0.15, -0.1) is 0 Å². The van der Waals surface area contributed by atoms with E-state index in [0.717, 1.165) is 8.95 Å². The second kappa shape index (κ2) is 8.16. The first-order valence-corrected chi connectivity index (χ1v) is 7.22. The van der Waals surface area contributed by atoms with Crippen molar-refractivity contribution >= 4 is 43.7 Å². The van der Waals surface area contributed by atoms with E-state index in [9.17, 15) is 9.59 Å². The van der Waals surface area contributed by atoms with Crippen LogP contribution in [0.15, 0.2) is 27.1 Å². The van der Waals surface area contributed by atoms with E-state index >= 15 is 0 Å². The van der Waals surface area contributed by atoms with Crippen molar-refractivity contribution < 1.29 is 14.3 Å². The monoisotopic (exact) mass is 392 g/mol. The normalized spacial score (nSPS) is 9.84. The summed E-state index contributed by atoms with van der Waals surface area (Å²) in [5.74, 6) is -0.00176. The Hall–Kier alpha value is -1.08. The van der Waals surface area contributed by atoms with Gasteiger partial charge < -0.3 is 15.4 Å². The summed E-state index contributed by atoms with van der Waals surface area (Å²) in [4.78, 5) is 22.6. The summed E-state index contributed by atoms with van der Waals surface area (Å²) < 4.78 is 6.99. The van der Waals surface area contributed by atoms with Crippen molar-refractivity contribution in [2.45, 2.75) is 6.92 Å². The van der Waals surface area contributed by atoms with Crippen molar-refractivity contribution in [3.8, 4) is 5.75 Å². The molecule has 5 nitrogen and oxygen atoms in total. The third-order valence-corrected chi connectivity index (χ3v) is 3.19. The molecule has 19 heavy (non-hydrogen) atoms. The molecular formula is C12H14Br2N2O3. The van der Waals surface area contributed by atoms with E-state index in [-0.39, 0.29) is 25.0 Å². The van der Waals surface area contributed by atoms with Crippen LogP contribution in [-0.2, 0) is 9.59 Å². The first-order chi connectivity index (χ1) is 9.02. The highest BCUT2D eigenvalue weighted by atomic mass is 79.9. The Morgan fingerprint density at radius 2 is 1.95 bits per heavy atom. The van der Waals surface area contributed by atoms with E-state index in [1.165, 1.54) is 0 Å². The molecule has 0 fully saturated rings. The van der Waals surface area contributed by atoms with Gasteiger partial charge in [-0.3, -0.25) is 9.59 Å². The fourth-order valence-corrected chi connectivity index (χ4v) is 2.39. The molecule has 0 saturated carbocycles. The zero-order chi connectivity index (χ0) is 14.3. The third kappa shape index (κ3) is 6.07. The Morgan fingerprint density at radius 3 is 2.58 bits per heavy atom. The molecule has 0 atom stereocenters. The van der Waals surface area contributed by atoms with Gasteiger partial charge >= 0.3 is 0 Å². The number of benzene rings is 1. The topological polar surface area (TPSA) is 67.4 Å². The van der Waals surface area contributed by atoms with Crippen LogP contribution in [-0.4, -0.2) is 31.5 Å². The lowest BCUT2D eigenvalue weighted by Gasteiger charge is -2.09. The number of hydrogen-bond donors (Lipinski definition) is 2. The number of halogens is 2. The number of carbonyl (C=O) groups is 2. The summed E-state index contributed by atoms with van der Waals surface area (Å²) in [5, 5.41) is 5.05. The molecule has 2 amide bonds. The summed E-state index contributed by atoms with van der Waals surface area (Å²) in [6.45, 7) is 2.17. The maximum absolute atomic E-state index is 11.5. The van der Waals surface area contributed by atoms with Gasteiger partial charge in [0.15, 0.2) is 6.61 Å². The molecule has 0 aromatic heterocycles. The summed E-state index contributed by atoms with van der Waals surface area (Å²) in [6.07, 6.45) is 0. The fourth-order valence-electron chi connectivity index (χ4n) is 1.23. The van der Waals surface area contributed by atoms with Crippen molar-refractivity contribution in [2.24, 2.45) is 0 Å². The van der Waals surface area contributed by atoms with Gasteiger partial charge in [0.25, 0.3) is 5.91 Å². The molecule has 1 rings (SSSR count). The van der Waals surface area contributed by atoms with Gasteiger partial charge in [0.05, 0.1) is 11.0 Å². The smallest absolute Gasteiger partial charge is 0.258 e. The Morgan fingerprint density at radius 1 is 1.21 bits per heavy atom. The summed E-state index contributed by atoms with van der Waals surface area (Å²) in [7, 11) is 0. The molecule has 0 saturated heterocycles. The van der Waals surface area contributed by atoms with Crippen molar-refractivity contribution in [1.29, 1.82) is 0 Å². The standard InChI is InChI=1S/C12H14Br2N2O3/c1-2-15-11(17)6-16-12(18)7-19-10-4-3-8(13)5-9(10)14/h3-5H,2,6-7H2,1H3,(H,15,17)(H,16,18). The zero-order valence-electron chi connectivity index (χ0n) is 10.3. The van der Waals surface area contributed by atoms with Crippen LogP contribution >= 0.6 is 31.9 Å². The van der Waals surface area contributed by atoms with Crippen LogP contribution in [0.3, 0.4) is 0 Å². The highest BCUT2D eigenvalue weighted by molar-refractivity contribution is 9.11. The maximum atomic E-state index is 11.5. The van der Waals surface area contributed by atoms with Gasteiger partial charge in [0.1, 0.15) is 5.75 Å². The average molecular weight is 394 g/mol. The van der Waals surface area contributed by atoms with E-state index in [0.29, 0.717) is 12.3 Å². The van der Waals surface area contributed by atoms with E-state index in [1.807, 2.05) is 19.1 Å². The first-order valence-electron chi connectivity index (χ1n) is 5.64. The third-order valence-electron chi connectivity index (χ3n) is 2.07. The van der Waals surface area contributed by atoms with E-state index in [4.69, 9.17) is 4.74 Å². The average Bonchev–Trinajstić information content (AvgIpc) is 2.35. The largest absolute Gasteiger partial charge is 0.483 e. The Bertz CT molecular complexity index is 466. The predicted octanol–water partition coefficient (Wildman–Crippen LogP) is 1.84. The molecule has 0 spiro atoms. The number of likely N-dealkylation sites (N-methyl/N-ethyl adjacent to an activating group) is 1. The molecule has 1 aromatic carbocycles. The minimum atomic E-state index is -0.346. The maximum Gasteiger partial charge on any atom is 0.258 e. The summed E-state index contributed by atoms with van der Waals surface area (Å²) >= 11 is 6.65. The van der Waals surface area contributed by atoms with Gasteiger partial charge in [-0.05, 0) is 41.1 Å². The molecule has 104 valence electrons.